The summed E-state index contributed by atoms with van der Waals surface area (Å²) < 4.78 is 5.34. The Morgan fingerprint density at radius 1 is 1.17 bits per heavy atom. The molecule has 0 aliphatic rings. The van der Waals surface area contributed by atoms with Crippen LogP contribution in [0.5, 0.6) is 0 Å². The summed E-state index contributed by atoms with van der Waals surface area (Å²) in [6.45, 7) is 4.09. The summed E-state index contributed by atoms with van der Waals surface area (Å²) in [6, 6.07) is 12.1. The predicted octanol–water partition coefficient (Wildman–Crippen LogP) is 3.99. The summed E-state index contributed by atoms with van der Waals surface area (Å²) in [5, 5.41) is 4.01. The highest BCUT2D eigenvalue weighted by molar-refractivity contribution is 6.33. The number of halogens is 1. The van der Waals surface area contributed by atoms with Gasteiger partial charge in [-0.1, -0.05) is 35.9 Å². The summed E-state index contributed by atoms with van der Waals surface area (Å²) in [4.78, 5) is 24.1. The third-order valence-electron chi connectivity index (χ3n) is 4.08. The van der Waals surface area contributed by atoms with E-state index in [1.54, 1.807) is 24.3 Å². The molecular formula is C19H16ClNO3. The molecular weight excluding hydrogens is 326 g/mol. The lowest BCUT2D eigenvalue weighted by molar-refractivity contribution is 0.0951. The highest BCUT2D eigenvalue weighted by atomic mass is 35.5. The SMILES string of the molecule is Cc1ccc2c(CNC(=O)c3ccccc3Cl)cc(=O)oc2c1C. The maximum Gasteiger partial charge on any atom is 0.336 e. The van der Waals surface area contributed by atoms with Crippen LogP contribution >= 0.6 is 11.6 Å². The van der Waals surface area contributed by atoms with Crippen LogP contribution in [0.15, 0.2) is 51.7 Å². The lowest BCUT2D eigenvalue weighted by atomic mass is 10.0. The lowest BCUT2D eigenvalue weighted by Gasteiger charge is -2.10. The number of hydrogen-bond donors (Lipinski definition) is 1. The van der Waals surface area contributed by atoms with Crippen molar-refractivity contribution in [3.8, 4) is 0 Å². The minimum atomic E-state index is -0.432. The quantitative estimate of drug-likeness (QED) is 0.733. The fraction of sp³-hybridized carbons (Fsp3) is 0.158. The van der Waals surface area contributed by atoms with Crippen molar-refractivity contribution in [2.45, 2.75) is 20.4 Å². The third-order valence-corrected chi connectivity index (χ3v) is 4.40. The molecule has 0 atom stereocenters. The molecule has 0 saturated heterocycles. The molecule has 0 bridgehead atoms. The number of carbonyl (C=O) groups is 1. The molecule has 0 fully saturated rings. The first kappa shape index (κ1) is 16.3. The topological polar surface area (TPSA) is 59.3 Å². The van der Waals surface area contributed by atoms with E-state index in [9.17, 15) is 9.59 Å². The monoisotopic (exact) mass is 341 g/mol. The molecule has 5 heteroatoms. The van der Waals surface area contributed by atoms with Crippen molar-refractivity contribution in [1.82, 2.24) is 5.32 Å². The van der Waals surface area contributed by atoms with Crippen molar-refractivity contribution in [2.24, 2.45) is 0 Å². The van der Waals surface area contributed by atoms with Crippen molar-refractivity contribution in [1.29, 1.82) is 0 Å². The third kappa shape index (κ3) is 3.05. The summed E-state index contributed by atoms with van der Waals surface area (Å²) in [5.74, 6) is -0.286. The molecule has 1 aromatic heterocycles. The average molecular weight is 342 g/mol. The van der Waals surface area contributed by atoms with E-state index < -0.39 is 5.63 Å². The number of hydrogen-bond acceptors (Lipinski definition) is 3. The number of carbonyl (C=O) groups excluding carboxylic acids is 1. The van der Waals surface area contributed by atoms with E-state index in [-0.39, 0.29) is 12.5 Å². The standard InChI is InChI=1S/C19H16ClNO3/c1-11-7-8-14-13(9-17(22)24-18(14)12(11)2)10-21-19(23)15-5-3-4-6-16(15)20/h3-9H,10H2,1-2H3,(H,21,23). The number of amides is 1. The molecule has 1 N–H and O–H groups in total. The van der Waals surface area contributed by atoms with Crippen LogP contribution in [-0.4, -0.2) is 5.91 Å². The number of aryl methyl sites for hydroxylation is 2. The number of nitrogens with one attached hydrogen (secondary N) is 1. The molecule has 0 radical (unpaired) electrons. The van der Waals surface area contributed by atoms with Gasteiger partial charge in [-0.2, -0.15) is 0 Å². The second kappa shape index (κ2) is 6.49. The smallest absolute Gasteiger partial charge is 0.336 e. The molecule has 1 amide bonds. The molecule has 3 rings (SSSR count). The first-order chi connectivity index (χ1) is 11.5. The number of benzene rings is 2. The van der Waals surface area contributed by atoms with Crippen LogP contribution < -0.4 is 10.9 Å². The van der Waals surface area contributed by atoms with Crippen LogP contribution in [0.25, 0.3) is 11.0 Å². The maximum absolute atomic E-state index is 12.3. The van der Waals surface area contributed by atoms with E-state index in [0.717, 1.165) is 16.5 Å². The van der Waals surface area contributed by atoms with E-state index in [0.29, 0.717) is 21.7 Å². The minimum Gasteiger partial charge on any atom is -0.422 e. The van der Waals surface area contributed by atoms with Crippen molar-refractivity contribution in [3.05, 3.63) is 80.2 Å². The molecule has 24 heavy (non-hydrogen) atoms. The van der Waals surface area contributed by atoms with Gasteiger partial charge < -0.3 is 9.73 Å². The normalized spacial score (nSPS) is 10.8. The minimum absolute atomic E-state index is 0.217. The van der Waals surface area contributed by atoms with Crippen molar-refractivity contribution < 1.29 is 9.21 Å². The molecule has 3 aromatic rings. The van der Waals surface area contributed by atoms with Gasteiger partial charge in [-0.05, 0) is 42.7 Å². The molecule has 1 heterocycles. The van der Waals surface area contributed by atoms with Crippen LogP contribution in [0.4, 0.5) is 0 Å². The Labute approximate surface area is 144 Å². The maximum atomic E-state index is 12.3. The molecule has 0 unspecified atom stereocenters. The zero-order valence-corrected chi connectivity index (χ0v) is 14.1. The van der Waals surface area contributed by atoms with Crippen molar-refractivity contribution in [2.75, 3.05) is 0 Å². The summed E-state index contributed by atoms with van der Waals surface area (Å²) in [6.07, 6.45) is 0. The van der Waals surface area contributed by atoms with Gasteiger partial charge in [-0.25, -0.2) is 4.79 Å². The van der Waals surface area contributed by atoms with E-state index >= 15 is 0 Å². The van der Waals surface area contributed by atoms with Gasteiger partial charge in [-0.3, -0.25) is 4.79 Å². The number of fused-ring (bicyclic) bond motifs is 1. The van der Waals surface area contributed by atoms with Crippen molar-refractivity contribution in [3.63, 3.8) is 0 Å². The van der Waals surface area contributed by atoms with Crippen LogP contribution in [0.3, 0.4) is 0 Å². The van der Waals surface area contributed by atoms with Gasteiger partial charge in [0.05, 0.1) is 10.6 Å². The fourth-order valence-electron chi connectivity index (χ4n) is 2.59. The van der Waals surface area contributed by atoms with Gasteiger partial charge in [0.1, 0.15) is 5.58 Å². The van der Waals surface area contributed by atoms with E-state index in [4.69, 9.17) is 16.0 Å². The predicted molar refractivity (Wildman–Crippen MR) is 94.6 cm³/mol. The van der Waals surface area contributed by atoms with E-state index in [2.05, 4.69) is 5.32 Å². The van der Waals surface area contributed by atoms with E-state index in [1.807, 2.05) is 26.0 Å². The molecule has 4 nitrogen and oxygen atoms in total. The zero-order chi connectivity index (χ0) is 17.3. The molecule has 0 aliphatic carbocycles. The summed E-state index contributed by atoms with van der Waals surface area (Å²) in [5.41, 5.74) is 3.21. The van der Waals surface area contributed by atoms with E-state index in [1.165, 1.54) is 6.07 Å². The molecule has 0 spiro atoms. The summed E-state index contributed by atoms with van der Waals surface area (Å²) in [7, 11) is 0. The lowest BCUT2D eigenvalue weighted by Crippen LogP contribution is -2.23. The second-order valence-corrected chi connectivity index (χ2v) is 6.04. The van der Waals surface area contributed by atoms with Gasteiger partial charge in [0.15, 0.2) is 0 Å². The average Bonchev–Trinajstić information content (AvgIpc) is 2.56. The van der Waals surface area contributed by atoms with Gasteiger partial charge in [-0.15, -0.1) is 0 Å². The van der Waals surface area contributed by atoms with Crippen LogP contribution in [-0.2, 0) is 6.54 Å². The van der Waals surface area contributed by atoms with Gasteiger partial charge in [0.25, 0.3) is 5.91 Å². The molecule has 0 saturated carbocycles. The van der Waals surface area contributed by atoms with Crippen molar-refractivity contribution >= 4 is 28.5 Å². The Morgan fingerprint density at radius 3 is 2.67 bits per heavy atom. The highest BCUT2D eigenvalue weighted by Crippen LogP contribution is 2.23. The fourth-order valence-corrected chi connectivity index (χ4v) is 2.81. The second-order valence-electron chi connectivity index (χ2n) is 5.64. The van der Waals surface area contributed by atoms with Crippen LogP contribution in [0.1, 0.15) is 27.0 Å². The summed E-state index contributed by atoms with van der Waals surface area (Å²) >= 11 is 6.03. The van der Waals surface area contributed by atoms with Crippen LogP contribution in [0.2, 0.25) is 5.02 Å². The first-order valence-corrected chi connectivity index (χ1v) is 7.91. The zero-order valence-electron chi connectivity index (χ0n) is 13.4. The molecule has 122 valence electrons. The van der Waals surface area contributed by atoms with Crippen LogP contribution in [0, 0.1) is 13.8 Å². The van der Waals surface area contributed by atoms with Gasteiger partial charge >= 0.3 is 5.63 Å². The Kier molecular flexibility index (Phi) is 4.40. The Balaban J connectivity index is 1.94. The molecule has 2 aromatic carbocycles. The molecule has 0 aliphatic heterocycles. The Morgan fingerprint density at radius 2 is 1.92 bits per heavy atom. The largest absolute Gasteiger partial charge is 0.422 e. The Bertz CT molecular complexity index is 992. The number of rotatable bonds is 3. The first-order valence-electron chi connectivity index (χ1n) is 7.53. The van der Waals surface area contributed by atoms with Gasteiger partial charge in [0, 0.05) is 18.0 Å². The Hall–Kier alpha value is -2.59. The highest BCUT2D eigenvalue weighted by Gasteiger charge is 2.12. The van der Waals surface area contributed by atoms with Gasteiger partial charge in [0.2, 0.25) is 0 Å².